The number of nitrogens with zero attached hydrogens (tertiary/aromatic N) is 1. The minimum Gasteiger partial charge on any atom is -0.492 e. The molecular formula is C17H22N2OS. The van der Waals surface area contributed by atoms with Gasteiger partial charge in [0, 0.05) is 29.2 Å². The predicted molar refractivity (Wildman–Crippen MR) is 88.0 cm³/mol. The molecule has 0 saturated heterocycles. The second kappa shape index (κ2) is 7.05. The van der Waals surface area contributed by atoms with Crippen molar-refractivity contribution in [1.29, 1.82) is 0 Å². The summed E-state index contributed by atoms with van der Waals surface area (Å²) in [7, 11) is 0. The predicted octanol–water partition coefficient (Wildman–Crippen LogP) is 4.03. The summed E-state index contributed by atoms with van der Waals surface area (Å²) in [4.78, 5) is 4.50. The summed E-state index contributed by atoms with van der Waals surface area (Å²) in [6, 6.07) is 8.93. The lowest BCUT2D eigenvalue weighted by molar-refractivity contribution is 0.305. The summed E-state index contributed by atoms with van der Waals surface area (Å²) in [5, 5.41) is 6.71. The molecule has 0 atom stereocenters. The first kappa shape index (κ1) is 14.5. The number of hydrogen-bond donors (Lipinski definition) is 1. The fourth-order valence-electron chi connectivity index (χ4n) is 2.74. The van der Waals surface area contributed by atoms with Gasteiger partial charge in [-0.05, 0) is 44.0 Å². The Morgan fingerprint density at radius 2 is 2.00 bits per heavy atom. The summed E-state index contributed by atoms with van der Waals surface area (Å²) >= 11 is 1.68. The number of rotatable bonds is 6. The van der Waals surface area contributed by atoms with Crippen molar-refractivity contribution in [2.45, 2.75) is 38.6 Å². The third-order valence-corrected chi connectivity index (χ3v) is 4.89. The van der Waals surface area contributed by atoms with E-state index in [4.69, 9.17) is 4.74 Å². The lowest BCUT2D eigenvalue weighted by Crippen LogP contribution is -2.30. The SMILES string of the molecule is Cc1csc(-c2ccc(OCCNC3CCCC3)cc2)n1. The molecule has 1 aliphatic carbocycles. The van der Waals surface area contributed by atoms with Crippen LogP contribution in [0.15, 0.2) is 29.6 Å². The van der Waals surface area contributed by atoms with Gasteiger partial charge in [-0.3, -0.25) is 0 Å². The van der Waals surface area contributed by atoms with Gasteiger partial charge in [-0.1, -0.05) is 12.8 Å². The van der Waals surface area contributed by atoms with E-state index in [1.165, 1.54) is 25.7 Å². The molecule has 0 spiro atoms. The molecule has 4 heteroatoms. The molecule has 0 unspecified atom stereocenters. The van der Waals surface area contributed by atoms with E-state index in [0.717, 1.165) is 35.2 Å². The first-order valence-corrected chi connectivity index (χ1v) is 8.58. The molecule has 1 saturated carbocycles. The Morgan fingerprint density at radius 3 is 2.67 bits per heavy atom. The van der Waals surface area contributed by atoms with Crippen molar-refractivity contribution in [3.63, 3.8) is 0 Å². The van der Waals surface area contributed by atoms with Gasteiger partial charge in [-0.2, -0.15) is 0 Å². The maximum atomic E-state index is 5.78. The van der Waals surface area contributed by atoms with Crippen molar-refractivity contribution >= 4 is 11.3 Å². The van der Waals surface area contributed by atoms with Gasteiger partial charge in [0.2, 0.25) is 0 Å². The van der Waals surface area contributed by atoms with Crippen LogP contribution in [0, 0.1) is 6.92 Å². The van der Waals surface area contributed by atoms with Crippen molar-refractivity contribution in [1.82, 2.24) is 10.3 Å². The Morgan fingerprint density at radius 1 is 1.24 bits per heavy atom. The number of ether oxygens (including phenoxy) is 1. The lowest BCUT2D eigenvalue weighted by atomic mass is 10.2. The van der Waals surface area contributed by atoms with Crippen LogP contribution in [0.5, 0.6) is 5.75 Å². The zero-order valence-corrected chi connectivity index (χ0v) is 13.3. The van der Waals surface area contributed by atoms with Gasteiger partial charge in [0.25, 0.3) is 0 Å². The molecule has 1 N–H and O–H groups in total. The Kier molecular flexibility index (Phi) is 4.88. The van der Waals surface area contributed by atoms with Crippen LogP contribution in [-0.4, -0.2) is 24.2 Å². The summed E-state index contributed by atoms with van der Waals surface area (Å²) in [6.07, 6.45) is 5.39. The summed E-state index contributed by atoms with van der Waals surface area (Å²) in [6.45, 7) is 3.68. The minimum atomic E-state index is 0.712. The topological polar surface area (TPSA) is 34.1 Å². The fourth-order valence-corrected chi connectivity index (χ4v) is 3.55. The van der Waals surface area contributed by atoms with E-state index in [1.54, 1.807) is 11.3 Å². The van der Waals surface area contributed by atoms with Gasteiger partial charge < -0.3 is 10.1 Å². The van der Waals surface area contributed by atoms with Gasteiger partial charge in [0.1, 0.15) is 17.4 Å². The maximum absolute atomic E-state index is 5.78. The molecule has 0 amide bonds. The van der Waals surface area contributed by atoms with Gasteiger partial charge in [-0.15, -0.1) is 11.3 Å². The molecule has 3 rings (SSSR count). The fraction of sp³-hybridized carbons (Fsp3) is 0.471. The lowest BCUT2D eigenvalue weighted by Gasteiger charge is -2.12. The molecule has 1 aromatic carbocycles. The second-order valence-electron chi connectivity index (χ2n) is 5.60. The summed E-state index contributed by atoms with van der Waals surface area (Å²) in [5.74, 6) is 0.931. The van der Waals surface area contributed by atoms with Crippen LogP contribution in [0.4, 0.5) is 0 Å². The first-order chi connectivity index (χ1) is 10.3. The highest BCUT2D eigenvalue weighted by molar-refractivity contribution is 7.13. The van der Waals surface area contributed by atoms with Gasteiger partial charge in [-0.25, -0.2) is 4.98 Å². The third kappa shape index (κ3) is 4.05. The van der Waals surface area contributed by atoms with Crippen molar-refractivity contribution in [2.75, 3.05) is 13.2 Å². The van der Waals surface area contributed by atoms with Crippen molar-refractivity contribution in [3.05, 3.63) is 35.3 Å². The zero-order valence-electron chi connectivity index (χ0n) is 12.5. The molecule has 112 valence electrons. The monoisotopic (exact) mass is 302 g/mol. The van der Waals surface area contributed by atoms with Crippen LogP contribution in [-0.2, 0) is 0 Å². The maximum Gasteiger partial charge on any atom is 0.123 e. The Hall–Kier alpha value is -1.39. The van der Waals surface area contributed by atoms with Crippen LogP contribution >= 0.6 is 11.3 Å². The minimum absolute atomic E-state index is 0.712. The van der Waals surface area contributed by atoms with Crippen molar-refractivity contribution < 1.29 is 4.74 Å². The Balaban J connectivity index is 1.46. The van der Waals surface area contributed by atoms with Gasteiger partial charge in [0.05, 0.1) is 0 Å². The molecule has 1 heterocycles. The smallest absolute Gasteiger partial charge is 0.123 e. The van der Waals surface area contributed by atoms with E-state index in [2.05, 4.69) is 27.8 Å². The van der Waals surface area contributed by atoms with Gasteiger partial charge >= 0.3 is 0 Å². The summed E-state index contributed by atoms with van der Waals surface area (Å²) in [5.41, 5.74) is 2.23. The third-order valence-electron chi connectivity index (χ3n) is 3.88. The molecule has 0 aliphatic heterocycles. The molecule has 3 nitrogen and oxygen atoms in total. The van der Waals surface area contributed by atoms with Crippen LogP contribution in [0.3, 0.4) is 0 Å². The van der Waals surface area contributed by atoms with E-state index < -0.39 is 0 Å². The number of aromatic nitrogens is 1. The molecule has 0 bridgehead atoms. The zero-order chi connectivity index (χ0) is 14.5. The first-order valence-electron chi connectivity index (χ1n) is 7.70. The number of hydrogen-bond acceptors (Lipinski definition) is 4. The average molecular weight is 302 g/mol. The highest BCUT2D eigenvalue weighted by atomic mass is 32.1. The molecule has 1 aromatic heterocycles. The Bertz CT molecular complexity index is 558. The van der Waals surface area contributed by atoms with Crippen LogP contribution in [0.25, 0.3) is 10.6 Å². The normalized spacial score (nSPS) is 15.5. The number of nitrogens with one attached hydrogen (secondary N) is 1. The van der Waals surface area contributed by atoms with E-state index in [1.807, 2.05) is 19.1 Å². The van der Waals surface area contributed by atoms with Crippen molar-refractivity contribution in [2.24, 2.45) is 0 Å². The van der Waals surface area contributed by atoms with Crippen molar-refractivity contribution in [3.8, 4) is 16.3 Å². The molecular weight excluding hydrogens is 280 g/mol. The number of aryl methyl sites for hydroxylation is 1. The highest BCUT2D eigenvalue weighted by Crippen LogP contribution is 2.25. The second-order valence-corrected chi connectivity index (χ2v) is 6.46. The van der Waals surface area contributed by atoms with Crippen LogP contribution < -0.4 is 10.1 Å². The largest absolute Gasteiger partial charge is 0.492 e. The van der Waals surface area contributed by atoms with Gasteiger partial charge in [0.15, 0.2) is 0 Å². The highest BCUT2D eigenvalue weighted by Gasteiger charge is 2.13. The van der Waals surface area contributed by atoms with E-state index in [0.29, 0.717) is 6.04 Å². The molecule has 1 aliphatic rings. The summed E-state index contributed by atoms with van der Waals surface area (Å²) < 4.78 is 5.78. The van der Waals surface area contributed by atoms with E-state index >= 15 is 0 Å². The van der Waals surface area contributed by atoms with E-state index in [-0.39, 0.29) is 0 Å². The molecule has 2 aromatic rings. The molecule has 0 radical (unpaired) electrons. The van der Waals surface area contributed by atoms with Crippen LogP contribution in [0.1, 0.15) is 31.4 Å². The van der Waals surface area contributed by atoms with Crippen LogP contribution in [0.2, 0.25) is 0 Å². The quantitative estimate of drug-likeness (QED) is 0.818. The average Bonchev–Trinajstić information content (AvgIpc) is 3.16. The molecule has 1 fully saturated rings. The Labute approximate surface area is 130 Å². The van der Waals surface area contributed by atoms with E-state index in [9.17, 15) is 0 Å². The molecule has 21 heavy (non-hydrogen) atoms. The standard InChI is InChI=1S/C17H22N2OS/c1-13-12-21-17(19-13)14-6-8-16(9-7-14)20-11-10-18-15-4-2-3-5-15/h6-9,12,15,18H,2-5,10-11H2,1H3. The number of benzene rings is 1. The number of thiazole rings is 1.